The normalized spacial score (nSPS) is 16.6. The molecule has 1 aliphatic carbocycles. The van der Waals surface area contributed by atoms with Crippen LogP contribution in [0.4, 0.5) is 4.39 Å². The predicted molar refractivity (Wildman–Crippen MR) is 67.8 cm³/mol. The molecule has 1 aliphatic rings. The van der Waals surface area contributed by atoms with Gasteiger partial charge in [-0.2, -0.15) is 4.39 Å². The van der Waals surface area contributed by atoms with E-state index in [9.17, 15) is 9.18 Å². The summed E-state index contributed by atoms with van der Waals surface area (Å²) in [6.45, 7) is 2.65. The SMILES string of the molecule is CCN(C(=O)c1ccnc(F)c1)C1CCCCC1. The van der Waals surface area contributed by atoms with Gasteiger partial charge < -0.3 is 4.90 Å². The number of carbonyl (C=O) groups excluding carboxylic acids is 1. The topological polar surface area (TPSA) is 33.2 Å². The first-order valence-electron chi connectivity index (χ1n) is 6.65. The van der Waals surface area contributed by atoms with Gasteiger partial charge in [-0.3, -0.25) is 4.79 Å². The van der Waals surface area contributed by atoms with Crippen LogP contribution >= 0.6 is 0 Å². The molecule has 0 aliphatic heterocycles. The number of carbonyl (C=O) groups is 1. The highest BCUT2D eigenvalue weighted by atomic mass is 19.1. The van der Waals surface area contributed by atoms with Crippen molar-refractivity contribution < 1.29 is 9.18 Å². The zero-order valence-corrected chi connectivity index (χ0v) is 10.7. The quantitative estimate of drug-likeness (QED) is 0.773. The van der Waals surface area contributed by atoms with Gasteiger partial charge in [0.1, 0.15) is 0 Å². The molecule has 0 bridgehead atoms. The average Bonchev–Trinajstić information content (AvgIpc) is 2.41. The number of rotatable bonds is 3. The molecule has 1 amide bonds. The van der Waals surface area contributed by atoms with Crippen LogP contribution in [0.3, 0.4) is 0 Å². The lowest BCUT2D eigenvalue weighted by Gasteiger charge is -2.33. The highest BCUT2D eigenvalue weighted by Crippen LogP contribution is 2.23. The molecule has 1 aromatic rings. The van der Waals surface area contributed by atoms with Crippen LogP contribution < -0.4 is 0 Å². The van der Waals surface area contributed by atoms with Crippen molar-refractivity contribution in [3.8, 4) is 0 Å². The third-order valence-electron chi connectivity index (χ3n) is 3.59. The molecule has 1 heterocycles. The van der Waals surface area contributed by atoms with Crippen molar-refractivity contribution in [3.05, 3.63) is 29.8 Å². The summed E-state index contributed by atoms with van der Waals surface area (Å²) in [6, 6.07) is 3.11. The number of nitrogens with zero attached hydrogens (tertiary/aromatic N) is 2. The molecule has 98 valence electrons. The standard InChI is InChI=1S/C14H19FN2O/c1-2-17(12-6-4-3-5-7-12)14(18)11-8-9-16-13(15)10-11/h8-10,12H,2-7H2,1H3. The number of pyridine rings is 1. The summed E-state index contributed by atoms with van der Waals surface area (Å²) in [5.74, 6) is -0.675. The number of hydrogen-bond acceptors (Lipinski definition) is 2. The van der Waals surface area contributed by atoms with Crippen molar-refractivity contribution >= 4 is 5.91 Å². The first kappa shape index (κ1) is 13.0. The molecule has 0 radical (unpaired) electrons. The summed E-state index contributed by atoms with van der Waals surface area (Å²) in [5.41, 5.74) is 0.398. The second-order valence-corrected chi connectivity index (χ2v) is 4.75. The summed E-state index contributed by atoms with van der Waals surface area (Å²) in [4.78, 5) is 17.7. The Morgan fingerprint density at radius 2 is 2.17 bits per heavy atom. The van der Waals surface area contributed by atoms with Crippen LogP contribution in [-0.2, 0) is 0 Å². The predicted octanol–water partition coefficient (Wildman–Crippen LogP) is 3.02. The Labute approximate surface area is 107 Å². The number of aromatic nitrogens is 1. The van der Waals surface area contributed by atoms with Crippen LogP contribution in [0.1, 0.15) is 49.4 Å². The Morgan fingerprint density at radius 1 is 1.44 bits per heavy atom. The summed E-state index contributed by atoms with van der Waals surface area (Å²) in [6.07, 6.45) is 7.09. The Hall–Kier alpha value is -1.45. The molecule has 0 unspecified atom stereocenters. The van der Waals surface area contributed by atoms with Crippen molar-refractivity contribution in [3.63, 3.8) is 0 Å². The molecule has 2 rings (SSSR count). The maximum Gasteiger partial charge on any atom is 0.254 e. The Balaban J connectivity index is 2.14. The smallest absolute Gasteiger partial charge is 0.254 e. The van der Waals surface area contributed by atoms with Gasteiger partial charge in [0.2, 0.25) is 5.95 Å². The van der Waals surface area contributed by atoms with Crippen molar-refractivity contribution in [1.82, 2.24) is 9.88 Å². The van der Waals surface area contributed by atoms with Gasteiger partial charge in [0.15, 0.2) is 0 Å². The van der Waals surface area contributed by atoms with Crippen molar-refractivity contribution in [2.45, 2.75) is 45.1 Å². The van der Waals surface area contributed by atoms with Gasteiger partial charge >= 0.3 is 0 Å². The number of hydrogen-bond donors (Lipinski definition) is 0. The molecule has 0 saturated heterocycles. The molecule has 3 nitrogen and oxygen atoms in total. The maximum atomic E-state index is 13.1. The summed E-state index contributed by atoms with van der Waals surface area (Å²) >= 11 is 0. The van der Waals surface area contributed by atoms with Crippen molar-refractivity contribution in [1.29, 1.82) is 0 Å². The Kier molecular flexibility index (Phi) is 4.28. The van der Waals surface area contributed by atoms with Gasteiger partial charge in [0.25, 0.3) is 5.91 Å². The molecule has 1 aromatic heterocycles. The van der Waals surface area contributed by atoms with Gasteiger partial charge in [-0.15, -0.1) is 0 Å². The van der Waals surface area contributed by atoms with E-state index in [4.69, 9.17) is 0 Å². The molecule has 0 N–H and O–H groups in total. The maximum absolute atomic E-state index is 13.1. The zero-order valence-electron chi connectivity index (χ0n) is 10.7. The first-order valence-corrected chi connectivity index (χ1v) is 6.65. The second kappa shape index (κ2) is 5.94. The number of halogens is 1. The summed E-state index contributed by atoms with van der Waals surface area (Å²) in [5, 5.41) is 0. The third-order valence-corrected chi connectivity index (χ3v) is 3.59. The molecule has 1 saturated carbocycles. The monoisotopic (exact) mass is 250 g/mol. The average molecular weight is 250 g/mol. The molecule has 0 aromatic carbocycles. The third kappa shape index (κ3) is 2.86. The molecule has 18 heavy (non-hydrogen) atoms. The zero-order chi connectivity index (χ0) is 13.0. The lowest BCUT2D eigenvalue weighted by atomic mass is 9.94. The minimum atomic E-state index is -0.597. The molecule has 1 fully saturated rings. The molecular formula is C14H19FN2O. The first-order chi connectivity index (χ1) is 8.72. The van der Waals surface area contributed by atoms with Crippen LogP contribution in [0.25, 0.3) is 0 Å². The van der Waals surface area contributed by atoms with Crippen LogP contribution in [0.2, 0.25) is 0 Å². The van der Waals surface area contributed by atoms with E-state index in [0.29, 0.717) is 18.2 Å². The Morgan fingerprint density at radius 3 is 2.78 bits per heavy atom. The van der Waals surface area contributed by atoms with E-state index >= 15 is 0 Å². The highest BCUT2D eigenvalue weighted by Gasteiger charge is 2.25. The van der Waals surface area contributed by atoms with Gasteiger partial charge in [-0.25, -0.2) is 4.98 Å². The van der Waals surface area contributed by atoms with Gasteiger partial charge in [-0.1, -0.05) is 19.3 Å². The van der Waals surface area contributed by atoms with E-state index in [0.717, 1.165) is 12.8 Å². The van der Waals surface area contributed by atoms with E-state index < -0.39 is 5.95 Å². The lowest BCUT2D eigenvalue weighted by Crippen LogP contribution is -2.41. The lowest BCUT2D eigenvalue weighted by molar-refractivity contribution is 0.0647. The summed E-state index contributed by atoms with van der Waals surface area (Å²) < 4.78 is 13.1. The van der Waals surface area contributed by atoms with E-state index in [-0.39, 0.29) is 5.91 Å². The Bertz CT molecular complexity index is 416. The highest BCUT2D eigenvalue weighted by molar-refractivity contribution is 5.94. The van der Waals surface area contributed by atoms with E-state index in [2.05, 4.69) is 4.98 Å². The fourth-order valence-electron chi connectivity index (χ4n) is 2.66. The number of amides is 1. The molecular weight excluding hydrogens is 231 g/mol. The minimum absolute atomic E-state index is 0.0781. The molecule has 0 atom stereocenters. The van der Waals surface area contributed by atoms with Crippen LogP contribution in [0.5, 0.6) is 0 Å². The second-order valence-electron chi connectivity index (χ2n) is 4.75. The van der Waals surface area contributed by atoms with E-state index in [1.165, 1.54) is 31.5 Å². The van der Waals surface area contributed by atoms with Gasteiger partial charge in [0.05, 0.1) is 0 Å². The molecule has 0 spiro atoms. The fourth-order valence-corrected chi connectivity index (χ4v) is 2.66. The van der Waals surface area contributed by atoms with Crippen molar-refractivity contribution in [2.24, 2.45) is 0 Å². The molecule has 4 heteroatoms. The largest absolute Gasteiger partial charge is 0.336 e. The van der Waals surface area contributed by atoms with Gasteiger partial charge in [0, 0.05) is 30.4 Å². The van der Waals surface area contributed by atoms with Crippen molar-refractivity contribution in [2.75, 3.05) is 6.54 Å². The van der Waals surface area contributed by atoms with Crippen LogP contribution in [-0.4, -0.2) is 28.4 Å². The van der Waals surface area contributed by atoms with E-state index in [1.54, 1.807) is 6.07 Å². The van der Waals surface area contributed by atoms with E-state index in [1.807, 2.05) is 11.8 Å². The van der Waals surface area contributed by atoms with Gasteiger partial charge in [-0.05, 0) is 25.8 Å². The summed E-state index contributed by atoms with van der Waals surface area (Å²) in [7, 11) is 0. The van der Waals surface area contributed by atoms with Crippen LogP contribution in [0.15, 0.2) is 18.3 Å². The minimum Gasteiger partial charge on any atom is -0.336 e. The van der Waals surface area contributed by atoms with Crippen LogP contribution in [0, 0.1) is 5.95 Å². The fraction of sp³-hybridized carbons (Fsp3) is 0.571.